The molecule has 0 bridgehead atoms. The number of fused-ring (bicyclic) bond motifs is 1. The summed E-state index contributed by atoms with van der Waals surface area (Å²) in [6.07, 6.45) is 7.37. The SMILES string of the molecule is Cc1ccc2n[nH]nc2c1.c1cc(-n2cccn2)cc(-n2cccn2)c1. The first-order valence-electron chi connectivity index (χ1n) is 8.17. The quantitative estimate of drug-likeness (QED) is 0.533. The Balaban J connectivity index is 0.000000144. The Morgan fingerprint density at radius 2 is 1.38 bits per heavy atom. The summed E-state index contributed by atoms with van der Waals surface area (Å²) in [6.45, 7) is 2.04. The topological polar surface area (TPSA) is 77.2 Å². The van der Waals surface area contributed by atoms with Gasteiger partial charge in [-0.2, -0.15) is 25.6 Å². The van der Waals surface area contributed by atoms with Gasteiger partial charge in [0.15, 0.2) is 0 Å². The van der Waals surface area contributed by atoms with Crippen LogP contribution in [0.1, 0.15) is 5.56 Å². The first-order chi connectivity index (χ1) is 12.8. The summed E-state index contributed by atoms with van der Waals surface area (Å²) >= 11 is 0. The zero-order valence-corrected chi connectivity index (χ0v) is 14.2. The maximum atomic E-state index is 4.20. The van der Waals surface area contributed by atoms with E-state index in [1.165, 1.54) is 5.56 Å². The number of H-pyrrole nitrogens is 1. The number of nitrogens with zero attached hydrogens (tertiary/aromatic N) is 6. The molecule has 5 aromatic rings. The van der Waals surface area contributed by atoms with E-state index >= 15 is 0 Å². The molecular formula is C19H17N7. The second kappa shape index (κ2) is 7.02. The average Bonchev–Trinajstić information content (AvgIpc) is 3.43. The summed E-state index contributed by atoms with van der Waals surface area (Å²) in [7, 11) is 0. The minimum Gasteiger partial charge on any atom is -0.241 e. The van der Waals surface area contributed by atoms with Crippen molar-refractivity contribution in [3.8, 4) is 11.4 Å². The minimum atomic E-state index is 0.922. The van der Waals surface area contributed by atoms with Crippen LogP contribution in [0.3, 0.4) is 0 Å². The molecule has 2 aromatic carbocycles. The molecule has 0 radical (unpaired) electrons. The zero-order valence-electron chi connectivity index (χ0n) is 14.2. The van der Waals surface area contributed by atoms with E-state index < -0.39 is 0 Å². The van der Waals surface area contributed by atoms with Gasteiger partial charge in [0.05, 0.1) is 11.4 Å². The van der Waals surface area contributed by atoms with Crippen molar-refractivity contribution in [1.29, 1.82) is 0 Å². The summed E-state index contributed by atoms with van der Waals surface area (Å²) in [5.74, 6) is 0. The lowest BCUT2D eigenvalue weighted by atomic mass is 10.2. The summed E-state index contributed by atoms with van der Waals surface area (Å²) in [5, 5.41) is 18.8. The number of nitrogens with one attached hydrogen (secondary N) is 1. The van der Waals surface area contributed by atoms with Crippen LogP contribution in [0.2, 0.25) is 0 Å². The van der Waals surface area contributed by atoms with Crippen LogP contribution in [0.25, 0.3) is 22.4 Å². The highest BCUT2D eigenvalue weighted by molar-refractivity contribution is 5.73. The van der Waals surface area contributed by atoms with E-state index in [9.17, 15) is 0 Å². The Hall–Kier alpha value is -3.74. The van der Waals surface area contributed by atoms with Gasteiger partial charge in [-0.3, -0.25) is 0 Å². The Bertz CT molecular complexity index is 1040. The molecule has 7 nitrogen and oxygen atoms in total. The molecule has 0 unspecified atom stereocenters. The van der Waals surface area contributed by atoms with E-state index in [2.05, 4.69) is 25.6 Å². The summed E-state index contributed by atoms with van der Waals surface area (Å²) in [5.41, 5.74) is 5.11. The number of rotatable bonds is 2. The van der Waals surface area contributed by atoms with Gasteiger partial charge in [-0.1, -0.05) is 12.1 Å². The lowest BCUT2D eigenvalue weighted by molar-refractivity contribution is 0.856. The van der Waals surface area contributed by atoms with Gasteiger partial charge in [-0.05, 0) is 55.0 Å². The molecule has 7 heteroatoms. The fourth-order valence-corrected chi connectivity index (χ4v) is 2.57. The van der Waals surface area contributed by atoms with Crippen molar-refractivity contribution in [2.75, 3.05) is 0 Å². The Kier molecular flexibility index (Phi) is 4.26. The van der Waals surface area contributed by atoms with Crippen molar-refractivity contribution >= 4 is 11.0 Å². The van der Waals surface area contributed by atoms with Crippen molar-refractivity contribution in [1.82, 2.24) is 35.0 Å². The van der Waals surface area contributed by atoms with Crippen molar-refractivity contribution in [3.63, 3.8) is 0 Å². The Morgan fingerprint density at radius 1 is 0.731 bits per heavy atom. The third-order valence-corrected chi connectivity index (χ3v) is 3.84. The molecule has 0 aliphatic heterocycles. The first kappa shape index (κ1) is 15.8. The van der Waals surface area contributed by atoms with Gasteiger partial charge in [-0.15, -0.1) is 0 Å². The smallest absolute Gasteiger partial charge is 0.113 e. The number of benzene rings is 2. The summed E-state index contributed by atoms with van der Waals surface area (Å²) in [4.78, 5) is 0. The third-order valence-electron chi connectivity index (χ3n) is 3.84. The van der Waals surface area contributed by atoms with Crippen molar-refractivity contribution in [2.45, 2.75) is 6.92 Å². The van der Waals surface area contributed by atoms with Crippen molar-refractivity contribution < 1.29 is 0 Å². The fourth-order valence-electron chi connectivity index (χ4n) is 2.57. The van der Waals surface area contributed by atoms with Crippen LogP contribution < -0.4 is 0 Å². The number of aryl methyl sites for hydroxylation is 1. The molecule has 0 aliphatic rings. The lowest BCUT2D eigenvalue weighted by Gasteiger charge is -2.05. The second-order valence-corrected chi connectivity index (χ2v) is 5.74. The van der Waals surface area contributed by atoms with Crippen LogP contribution in [-0.2, 0) is 0 Å². The molecule has 0 saturated heterocycles. The molecule has 0 spiro atoms. The molecule has 26 heavy (non-hydrogen) atoms. The van der Waals surface area contributed by atoms with E-state index in [0.29, 0.717) is 0 Å². The number of aromatic amines is 1. The summed E-state index contributed by atoms with van der Waals surface area (Å²) in [6, 6.07) is 17.8. The second-order valence-electron chi connectivity index (χ2n) is 5.74. The normalized spacial score (nSPS) is 10.5. The largest absolute Gasteiger partial charge is 0.241 e. The molecule has 0 saturated carbocycles. The summed E-state index contributed by atoms with van der Waals surface area (Å²) < 4.78 is 3.65. The number of aromatic nitrogens is 7. The van der Waals surface area contributed by atoms with E-state index in [0.717, 1.165) is 22.4 Å². The number of hydrogen-bond donors (Lipinski definition) is 1. The highest BCUT2D eigenvalue weighted by Gasteiger charge is 2.00. The molecule has 1 N–H and O–H groups in total. The highest BCUT2D eigenvalue weighted by Crippen LogP contribution is 2.12. The van der Waals surface area contributed by atoms with Crippen molar-refractivity contribution in [2.24, 2.45) is 0 Å². The monoisotopic (exact) mass is 343 g/mol. The van der Waals surface area contributed by atoms with Gasteiger partial charge < -0.3 is 0 Å². The number of hydrogen-bond acceptors (Lipinski definition) is 4. The van der Waals surface area contributed by atoms with Gasteiger partial charge in [0.1, 0.15) is 11.0 Å². The van der Waals surface area contributed by atoms with Crippen LogP contribution in [0, 0.1) is 6.92 Å². The zero-order chi connectivity index (χ0) is 17.8. The third kappa shape index (κ3) is 3.36. The van der Waals surface area contributed by atoms with E-state index in [1.807, 2.05) is 83.3 Å². The van der Waals surface area contributed by atoms with E-state index in [1.54, 1.807) is 12.4 Å². The van der Waals surface area contributed by atoms with Crippen LogP contribution in [0.15, 0.2) is 79.4 Å². The van der Waals surface area contributed by atoms with Gasteiger partial charge in [0.2, 0.25) is 0 Å². The molecule has 0 fully saturated rings. The van der Waals surface area contributed by atoms with E-state index in [4.69, 9.17) is 0 Å². The highest BCUT2D eigenvalue weighted by atomic mass is 15.3. The molecule has 0 aliphatic carbocycles. The maximum Gasteiger partial charge on any atom is 0.113 e. The average molecular weight is 343 g/mol. The predicted molar refractivity (Wildman–Crippen MR) is 99.3 cm³/mol. The Labute approximate surface area is 149 Å². The fraction of sp³-hybridized carbons (Fsp3) is 0.0526. The van der Waals surface area contributed by atoms with Gasteiger partial charge in [0, 0.05) is 24.8 Å². The molecular weight excluding hydrogens is 326 g/mol. The first-order valence-corrected chi connectivity index (χ1v) is 8.17. The lowest BCUT2D eigenvalue weighted by Crippen LogP contribution is -1.98. The van der Waals surface area contributed by atoms with Crippen LogP contribution in [0.5, 0.6) is 0 Å². The molecule has 0 amide bonds. The predicted octanol–water partition coefficient (Wildman–Crippen LogP) is 3.32. The molecule has 5 rings (SSSR count). The maximum absolute atomic E-state index is 4.20. The van der Waals surface area contributed by atoms with Gasteiger partial charge in [-0.25, -0.2) is 9.36 Å². The van der Waals surface area contributed by atoms with Crippen LogP contribution in [-0.4, -0.2) is 35.0 Å². The molecule has 128 valence electrons. The molecule has 3 heterocycles. The Morgan fingerprint density at radius 3 is 2.00 bits per heavy atom. The minimum absolute atomic E-state index is 0.922. The van der Waals surface area contributed by atoms with Crippen LogP contribution >= 0.6 is 0 Å². The van der Waals surface area contributed by atoms with Gasteiger partial charge >= 0.3 is 0 Å². The van der Waals surface area contributed by atoms with E-state index in [-0.39, 0.29) is 0 Å². The standard InChI is InChI=1S/C12H10N4.C7H7N3/c1-4-11(15-8-2-6-13-15)10-12(5-1)16-9-3-7-14-16;1-5-2-3-6-7(4-5)9-10-8-6/h1-10H;2-4H,1H3,(H,8,9,10). The van der Waals surface area contributed by atoms with Crippen LogP contribution in [0.4, 0.5) is 0 Å². The van der Waals surface area contributed by atoms with Crippen molar-refractivity contribution in [3.05, 3.63) is 84.9 Å². The van der Waals surface area contributed by atoms with Gasteiger partial charge in [0.25, 0.3) is 0 Å². The molecule has 3 aromatic heterocycles. The molecule has 0 atom stereocenters.